The molecule has 4 fully saturated rings. The largest absolute Gasteiger partial charge is 0.469 e. The van der Waals surface area contributed by atoms with Crippen LogP contribution in [0.25, 0.3) is 0 Å². The fourth-order valence-electron chi connectivity index (χ4n) is 4.81. The van der Waals surface area contributed by atoms with Gasteiger partial charge in [-0.15, -0.1) is 0 Å². The third kappa shape index (κ3) is 2.04. The summed E-state index contributed by atoms with van der Waals surface area (Å²) in [6.45, 7) is 0. The van der Waals surface area contributed by atoms with Gasteiger partial charge in [-0.3, -0.25) is 4.79 Å². The smallest absolute Gasteiger partial charge is 0.309 e. The molecule has 0 amide bonds. The summed E-state index contributed by atoms with van der Waals surface area (Å²) in [5.41, 5.74) is 0. The highest BCUT2D eigenvalue weighted by atomic mass is 17.3. The van der Waals surface area contributed by atoms with Crippen molar-refractivity contribution in [3.05, 3.63) is 0 Å². The van der Waals surface area contributed by atoms with E-state index in [1.807, 2.05) is 0 Å². The fourth-order valence-corrected chi connectivity index (χ4v) is 4.81. The van der Waals surface area contributed by atoms with Crippen molar-refractivity contribution in [1.82, 2.24) is 0 Å². The summed E-state index contributed by atoms with van der Waals surface area (Å²) in [6, 6.07) is 0. The van der Waals surface area contributed by atoms with Gasteiger partial charge in [0.2, 0.25) is 11.6 Å². The first-order valence-corrected chi connectivity index (χ1v) is 7.89. The summed E-state index contributed by atoms with van der Waals surface area (Å²) >= 11 is 0. The molecular weight excluding hydrogens is 276 g/mol. The molecule has 6 nitrogen and oxygen atoms in total. The predicted molar refractivity (Wildman–Crippen MR) is 69.5 cm³/mol. The van der Waals surface area contributed by atoms with Crippen LogP contribution in [0, 0.1) is 17.8 Å². The monoisotopic (exact) mass is 298 g/mol. The summed E-state index contributed by atoms with van der Waals surface area (Å²) in [4.78, 5) is 23.2. The lowest BCUT2D eigenvalue weighted by atomic mass is 9.83. The van der Waals surface area contributed by atoms with Crippen LogP contribution >= 0.6 is 0 Å². The number of carbonyl (C=O) groups excluding carboxylic acids is 1. The Hall–Kier alpha value is -0.690. The lowest BCUT2D eigenvalue weighted by Gasteiger charge is -2.37. The van der Waals surface area contributed by atoms with Crippen molar-refractivity contribution < 1.29 is 29.1 Å². The Morgan fingerprint density at radius 2 is 2.14 bits per heavy atom. The molecule has 1 heterocycles. The van der Waals surface area contributed by atoms with Gasteiger partial charge in [-0.05, 0) is 31.6 Å². The normalized spacial score (nSPS) is 51.9. The molecule has 1 aliphatic heterocycles. The van der Waals surface area contributed by atoms with E-state index in [-0.39, 0.29) is 17.8 Å². The zero-order valence-electron chi connectivity index (χ0n) is 12.2. The number of carbonyl (C=O) groups is 1. The molecule has 0 radical (unpaired) electrons. The Kier molecular flexibility index (Phi) is 3.09. The zero-order chi connectivity index (χ0) is 14.7. The summed E-state index contributed by atoms with van der Waals surface area (Å²) < 4.78 is 11.2. The topological polar surface area (TPSA) is 74.2 Å². The van der Waals surface area contributed by atoms with E-state index in [1.165, 1.54) is 7.11 Å². The molecular formula is C15H22O6. The van der Waals surface area contributed by atoms with E-state index in [0.717, 1.165) is 38.5 Å². The first-order chi connectivity index (χ1) is 10.1. The summed E-state index contributed by atoms with van der Waals surface area (Å²) in [7, 11) is 1.42. The van der Waals surface area contributed by atoms with Gasteiger partial charge in [0.05, 0.1) is 19.1 Å². The number of esters is 1. The van der Waals surface area contributed by atoms with Crippen LogP contribution in [-0.2, 0) is 24.0 Å². The van der Waals surface area contributed by atoms with Crippen molar-refractivity contribution in [2.45, 2.75) is 62.6 Å². The van der Waals surface area contributed by atoms with E-state index in [4.69, 9.17) is 19.2 Å². The molecule has 4 rings (SSSR count). The van der Waals surface area contributed by atoms with Crippen molar-refractivity contribution in [3.63, 3.8) is 0 Å². The Bertz CT molecular complexity index is 453. The Labute approximate surface area is 123 Å². The van der Waals surface area contributed by atoms with E-state index in [2.05, 4.69) is 0 Å². The van der Waals surface area contributed by atoms with Crippen LogP contribution in [0.2, 0.25) is 0 Å². The highest BCUT2D eigenvalue weighted by Gasteiger charge is 2.67. The van der Waals surface area contributed by atoms with E-state index >= 15 is 0 Å². The lowest BCUT2D eigenvalue weighted by molar-refractivity contribution is -0.365. The number of aliphatic hydroxyl groups is 1. The van der Waals surface area contributed by atoms with Gasteiger partial charge in [0, 0.05) is 25.2 Å². The molecule has 6 unspecified atom stereocenters. The van der Waals surface area contributed by atoms with Crippen molar-refractivity contribution in [1.29, 1.82) is 0 Å². The van der Waals surface area contributed by atoms with Crippen LogP contribution in [0.15, 0.2) is 0 Å². The molecule has 0 aromatic rings. The quantitative estimate of drug-likeness (QED) is 0.584. The van der Waals surface area contributed by atoms with Crippen LogP contribution in [0.1, 0.15) is 44.9 Å². The molecule has 0 aromatic heterocycles. The third-order valence-electron chi connectivity index (χ3n) is 5.64. The first-order valence-electron chi connectivity index (χ1n) is 7.89. The van der Waals surface area contributed by atoms with Crippen LogP contribution in [0.4, 0.5) is 0 Å². The Morgan fingerprint density at radius 1 is 1.29 bits per heavy atom. The number of rotatable bonds is 1. The molecule has 0 aromatic carbocycles. The summed E-state index contributed by atoms with van der Waals surface area (Å²) in [5, 5.41) is 9.89. The molecule has 2 spiro atoms. The molecule has 3 saturated carbocycles. The minimum atomic E-state index is -0.831. The number of fused-ring (bicyclic) bond motifs is 3. The molecule has 4 aliphatic rings. The van der Waals surface area contributed by atoms with Crippen LogP contribution in [0.3, 0.4) is 0 Å². The molecule has 3 aliphatic carbocycles. The van der Waals surface area contributed by atoms with Crippen molar-refractivity contribution in [2.75, 3.05) is 7.11 Å². The van der Waals surface area contributed by atoms with Crippen molar-refractivity contribution in [2.24, 2.45) is 17.8 Å². The van der Waals surface area contributed by atoms with Gasteiger partial charge in [-0.1, -0.05) is 0 Å². The lowest BCUT2D eigenvalue weighted by Crippen LogP contribution is -2.47. The standard InChI is InChI=1S/C15H22O6/c1-18-13(17)11-5-9-6-12(11)15(7-9)19-14(20-21-15)4-2-3-10(16)8-14/h9-12,16H,2-8H2,1H3. The van der Waals surface area contributed by atoms with E-state index in [1.54, 1.807) is 0 Å². The number of hydrogen-bond acceptors (Lipinski definition) is 6. The minimum absolute atomic E-state index is 0.00612. The molecule has 6 atom stereocenters. The average Bonchev–Trinajstić information content (AvgIpc) is 3.11. The zero-order valence-corrected chi connectivity index (χ0v) is 12.2. The Balaban J connectivity index is 1.55. The maximum atomic E-state index is 11.9. The van der Waals surface area contributed by atoms with E-state index in [0.29, 0.717) is 12.3 Å². The van der Waals surface area contributed by atoms with Crippen molar-refractivity contribution in [3.8, 4) is 0 Å². The summed E-state index contributed by atoms with van der Waals surface area (Å²) in [5.74, 6) is -1.58. The van der Waals surface area contributed by atoms with Crippen molar-refractivity contribution >= 4 is 5.97 Å². The second-order valence-corrected chi connectivity index (χ2v) is 7.02. The van der Waals surface area contributed by atoms with Gasteiger partial charge < -0.3 is 14.6 Å². The second-order valence-electron chi connectivity index (χ2n) is 7.02. The second kappa shape index (κ2) is 4.65. The van der Waals surface area contributed by atoms with E-state index < -0.39 is 17.7 Å². The molecule has 1 saturated heterocycles. The maximum Gasteiger partial charge on any atom is 0.309 e. The highest BCUT2D eigenvalue weighted by Crippen LogP contribution is 2.61. The maximum absolute atomic E-state index is 11.9. The predicted octanol–water partition coefficient (Wildman–Crippen LogP) is 1.51. The fraction of sp³-hybridized carbons (Fsp3) is 0.933. The number of methoxy groups -OCH3 is 1. The average molecular weight is 298 g/mol. The van der Waals surface area contributed by atoms with Crippen LogP contribution in [0.5, 0.6) is 0 Å². The minimum Gasteiger partial charge on any atom is -0.469 e. The molecule has 2 bridgehead atoms. The van der Waals surface area contributed by atoms with Crippen LogP contribution in [-0.4, -0.2) is 35.9 Å². The van der Waals surface area contributed by atoms with Gasteiger partial charge in [-0.25, -0.2) is 0 Å². The van der Waals surface area contributed by atoms with E-state index in [9.17, 15) is 9.90 Å². The van der Waals surface area contributed by atoms with Gasteiger partial charge in [0.15, 0.2) is 0 Å². The van der Waals surface area contributed by atoms with Gasteiger partial charge >= 0.3 is 5.97 Å². The Morgan fingerprint density at radius 3 is 2.86 bits per heavy atom. The number of ether oxygens (including phenoxy) is 2. The molecule has 118 valence electrons. The molecule has 21 heavy (non-hydrogen) atoms. The highest BCUT2D eigenvalue weighted by molar-refractivity contribution is 5.73. The molecule has 6 heteroatoms. The third-order valence-corrected chi connectivity index (χ3v) is 5.64. The van der Waals surface area contributed by atoms with Gasteiger partial charge in [0.25, 0.3) is 0 Å². The number of hydrogen-bond donors (Lipinski definition) is 1. The SMILES string of the molecule is COC(=O)C1CC2CC1C1(C2)OOC2(CCCC(O)C2)O1. The first kappa shape index (κ1) is 13.9. The van der Waals surface area contributed by atoms with Gasteiger partial charge in [-0.2, -0.15) is 9.78 Å². The van der Waals surface area contributed by atoms with Gasteiger partial charge in [0.1, 0.15) is 0 Å². The summed E-state index contributed by atoms with van der Waals surface area (Å²) in [6.07, 6.45) is 4.92. The van der Waals surface area contributed by atoms with Crippen LogP contribution < -0.4 is 0 Å². The molecule has 1 N–H and O–H groups in total. The number of aliphatic hydroxyl groups excluding tert-OH is 1.